The maximum atomic E-state index is 13.1. The molecule has 1 amide bonds. The Hall–Kier alpha value is -2.68. The van der Waals surface area contributed by atoms with Gasteiger partial charge in [-0.05, 0) is 47.7 Å². The Bertz CT molecular complexity index is 945. The average molecular weight is 469 g/mol. The van der Waals surface area contributed by atoms with Crippen LogP contribution in [0.5, 0.6) is 0 Å². The average Bonchev–Trinajstić information content (AvgIpc) is 3.13. The summed E-state index contributed by atoms with van der Waals surface area (Å²) in [4.78, 5) is 19.7. The summed E-state index contributed by atoms with van der Waals surface area (Å²) in [5.74, 6) is -0.304. The van der Waals surface area contributed by atoms with E-state index < -0.39 is 0 Å². The van der Waals surface area contributed by atoms with Gasteiger partial charge in [0.2, 0.25) is 0 Å². The summed E-state index contributed by atoms with van der Waals surface area (Å²) in [7, 11) is 0. The summed E-state index contributed by atoms with van der Waals surface area (Å²) < 4.78 is 13.1. The zero-order chi connectivity index (χ0) is 20.8. The van der Waals surface area contributed by atoms with Gasteiger partial charge in [-0.15, -0.1) is 11.6 Å². The molecule has 10 heteroatoms. The van der Waals surface area contributed by atoms with Crippen LogP contribution in [0.15, 0.2) is 47.5 Å². The molecule has 1 heterocycles. The summed E-state index contributed by atoms with van der Waals surface area (Å²) >= 11 is 6.26. The number of nitrogens with zero attached hydrogens (tertiary/aromatic N) is 1. The van der Waals surface area contributed by atoms with Crippen molar-refractivity contribution in [1.29, 1.82) is 0 Å². The van der Waals surface area contributed by atoms with Crippen molar-refractivity contribution in [2.75, 3.05) is 13.1 Å². The van der Waals surface area contributed by atoms with Crippen molar-refractivity contribution in [3.8, 4) is 11.1 Å². The molecule has 2 aromatic rings. The molecule has 0 spiro atoms. The highest BCUT2D eigenvalue weighted by molar-refractivity contribution is 6.41. The van der Waals surface area contributed by atoms with E-state index in [4.69, 9.17) is 23.1 Å². The SMILES string of the molecule is N.NC(N)=[NH+]CCC[C@H](Cl)CNC(=O)C1=Nc2cc(-c3ccc(F)cc3)ccc2C1.[Cl-]. The molecule has 31 heavy (non-hydrogen) atoms. The fourth-order valence-electron chi connectivity index (χ4n) is 3.10. The standard InChI is InChI=1S/C21H23ClFN5O.ClH.H3N/c22-16(2-1-9-26-21(24)25)12-27-20(29)19-11-15-4-3-14(10-18(15)28-19)13-5-7-17(23)8-6-13;;/h3-8,10,16H,1-2,9,11-12H2,(H,27,29)(H4,24,25,26);1H;1H3/t16-;;/m0../s1. The zero-order valence-corrected chi connectivity index (χ0v) is 18.5. The van der Waals surface area contributed by atoms with Crippen LogP contribution < -0.4 is 40.3 Å². The Morgan fingerprint density at radius 2 is 1.87 bits per heavy atom. The molecule has 1 atom stereocenters. The van der Waals surface area contributed by atoms with Crippen LogP contribution in [-0.4, -0.2) is 36.0 Å². The molecular formula is C21H27Cl2FN6O. The van der Waals surface area contributed by atoms with E-state index in [2.05, 4.69) is 15.3 Å². The van der Waals surface area contributed by atoms with E-state index in [9.17, 15) is 9.18 Å². The van der Waals surface area contributed by atoms with E-state index in [-0.39, 0.29) is 41.6 Å². The van der Waals surface area contributed by atoms with Crippen molar-refractivity contribution in [2.45, 2.75) is 24.6 Å². The van der Waals surface area contributed by atoms with Crippen molar-refractivity contribution < 1.29 is 26.6 Å². The third-order valence-electron chi connectivity index (χ3n) is 4.65. The van der Waals surface area contributed by atoms with Crippen molar-refractivity contribution in [3.63, 3.8) is 0 Å². The molecule has 3 rings (SSSR count). The number of nitrogens with two attached hydrogens (primary N) is 2. The van der Waals surface area contributed by atoms with Crippen LogP contribution in [-0.2, 0) is 11.2 Å². The predicted octanol–water partition coefficient (Wildman–Crippen LogP) is -1.85. The molecule has 0 unspecified atom stereocenters. The first-order chi connectivity index (χ1) is 13.9. The highest BCUT2D eigenvalue weighted by Crippen LogP contribution is 2.32. The molecule has 0 saturated heterocycles. The molecule has 0 aromatic heterocycles. The van der Waals surface area contributed by atoms with Gasteiger partial charge >= 0.3 is 5.96 Å². The number of rotatable bonds is 8. The minimum Gasteiger partial charge on any atom is -1.00 e. The van der Waals surface area contributed by atoms with E-state index >= 15 is 0 Å². The molecule has 2 aromatic carbocycles. The van der Waals surface area contributed by atoms with E-state index in [0.29, 0.717) is 25.2 Å². The van der Waals surface area contributed by atoms with E-state index in [1.807, 2.05) is 18.2 Å². The summed E-state index contributed by atoms with van der Waals surface area (Å²) in [6.45, 7) is 0.996. The molecular weight excluding hydrogens is 442 g/mol. The van der Waals surface area contributed by atoms with Crippen molar-refractivity contribution in [2.24, 2.45) is 16.5 Å². The fourth-order valence-corrected chi connectivity index (χ4v) is 3.33. The van der Waals surface area contributed by atoms with Crippen LogP contribution in [0.4, 0.5) is 10.1 Å². The van der Waals surface area contributed by atoms with Crippen molar-refractivity contribution >= 4 is 34.9 Å². The lowest BCUT2D eigenvalue weighted by Gasteiger charge is -2.10. The van der Waals surface area contributed by atoms with Gasteiger partial charge in [-0.1, -0.05) is 24.3 Å². The van der Waals surface area contributed by atoms with Crippen LogP contribution in [0.2, 0.25) is 0 Å². The topological polar surface area (TPSA) is 142 Å². The first-order valence-corrected chi connectivity index (χ1v) is 9.86. The van der Waals surface area contributed by atoms with Crippen LogP contribution in [0.1, 0.15) is 18.4 Å². The number of halogens is 3. The maximum absolute atomic E-state index is 13.1. The molecule has 0 fully saturated rings. The second-order valence-corrected chi connectivity index (χ2v) is 7.53. The van der Waals surface area contributed by atoms with Crippen LogP contribution >= 0.6 is 11.6 Å². The second-order valence-electron chi connectivity index (χ2n) is 6.92. The number of carbonyl (C=O) groups is 1. The summed E-state index contributed by atoms with van der Waals surface area (Å²) in [5, 5.41) is 2.66. The molecule has 1 aliphatic rings. The molecule has 168 valence electrons. The molecule has 7 nitrogen and oxygen atoms in total. The van der Waals surface area contributed by atoms with Crippen molar-refractivity contribution in [3.05, 3.63) is 53.8 Å². The number of benzene rings is 2. The summed E-state index contributed by atoms with van der Waals surface area (Å²) in [5.41, 5.74) is 14.7. The van der Waals surface area contributed by atoms with Gasteiger partial charge in [0.25, 0.3) is 5.91 Å². The minimum absolute atomic E-state index is 0. The highest BCUT2D eigenvalue weighted by Gasteiger charge is 2.21. The number of fused-ring (bicyclic) bond motifs is 1. The number of hydrogen-bond donors (Lipinski definition) is 5. The quantitative estimate of drug-likeness (QED) is 0.134. The number of aliphatic imine (C=N–C) groups is 1. The first-order valence-electron chi connectivity index (χ1n) is 9.43. The Balaban J connectivity index is 0.00000240. The lowest BCUT2D eigenvalue weighted by atomic mass is 10.0. The number of guanidine groups is 1. The summed E-state index contributed by atoms with van der Waals surface area (Å²) in [6.07, 6.45) is 1.99. The predicted molar refractivity (Wildman–Crippen MR) is 119 cm³/mol. The highest BCUT2D eigenvalue weighted by atomic mass is 35.5. The third-order valence-corrected chi connectivity index (χ3v) is 5.02. The van der Waals surface area contributed by atoms with Crippen LogP contribution in [0.3, 0.4) is 0 Å². The maximum Gasteiger partial charge on any atom is 0.338 e. The Labute approximate surface area is 192 Å². The lowest BCUT2D eigenvalue weighted by Crippen LogP contribution is -3.00. The normalized spacial score (nSPS) is 12.5. The number of hydrogen-bond acceptors (Lipinski definition) is 3. The Morgan fingerprint density at radius 1 is 1.19 bits per heavy atom. The van der Waals surface area contributed by atoms with E-state index in [1.165, 1.54) is 12.1 Å². The number of amides is 1. The van der Waals surface area contributed by atoms with Gasteiger partial charge in [0.05, 0.1) is 17.6 Å². The van der Waals surface area contributed by atoms with Gasteiger partial charge in [0.1, 0.15) is 11.5 Å². The number of nitrogens with one attached hydrogen (secondary N) is 2. The van der Waals surface area contributed by atoms with Crippen LogP contribution in [0.25, 0.3) is 11.1 Å². The number of carbonyl (C=O) groups excluding carboxylic acids is 1. The van der Waals surface area contributed by atoms with Crippen LogP contribution in [0, 0.1) is 5.82 Å². The second kappa shape index (κ2) is 12.2. The van der Waals surface area contributed by atoms with Gasteiger partial charge in [0.15, 0.2) is 0 Å². The molecule has 1 aliphatic heterocycles. The molecule has 0 radical (unpaired) electrons. The van der Waals surface area contributed by atoms with E-state index in [1.54, 1.807) is 12.1 Å². The van der Waals surface area contributed by atoms with Gasteiger partial charge in [-0.3, -0.25) is 21.3 Å². The van der Waals surface area contributed by atoms with Gasteiger partial charge in [-0.2, -0.15) is 0 Å². The molecule has 9 N–H and O–H groups in total. The Morgan fingerprint density at radius 3 is 2.55 bits per heavy atom. The van der Waals surface area contributed by atoms with Gasteiger partial charge in [0, 0.05) is 13.0 Å². The first kappa shape index (κ1) is 26.4. The minimum atomic E-state index is -0.275. The largest absolute Gasteiger partial charge is 1.00 e. The van der Waals surface area contributed by atoms with Crippen molar-refractivity contribution in [1.82, 2.24) is 11.5 Å². The van der Waals surface area contributed by atoms with E-state index in [0.717, 1.165) is 35.2 Å². The molecule has 0 saturated carbocycles. The smallest absolute Gasteiger partial charge is 0.338 e. The summed E-state index contributed by atoms with van der Waals surface area (Å²) in [6, 6.07) is 12.1. The number of alkyl halides is 1. The third kappa shape index (κ3) is 7.50. The zero-order valence-electron chi connectivity index (χ0n) is 17.0. The Kier molecular flexibility index (Phi) is 10.4. The van der Waals surface area contributed by atoms with Gasteiger partial charge < -0.3 is 23.9 Å². The molecule has 0 aliphatic carbocycles. The van der Waals surface area contributed by atoms with Gasteiger partial charge in [-0.25, -0.2) is 9.38 Å². The lowest BCUT2D eigenvalue weighted by molar-refractivity contribution is -0.459. The molecule has 0 bridgehead atoms. The monoisotopic (exact) mass is 468 g/mol. The fraction of sp³-hybridized carbons (Fsp3) is 0.286.